The molecule has 0 aromatic rings. The summed E-state index contributed by atoms with van der Waals surface area (Å²) in [4.78, 5) is 0. The molecule has 1 saturated heterocycles. The highest BCUT2D eigenvalue weighted by atomic mass is 16.3. The lowest BCUT2D eigenvalue weighted by atomic mass is 9.97. The number of hydrogen-bond acceptors (Lipinski definition) is 4. The Labute approximate surface area is 92.1 Å². The standard InChI is InChI=1S/C11H24N2O2/c1-2-11(8-14,9-15)13-7-10-5-3-4-6-12-10/h10,12-15H,2-9H2,1H3. The highest BCUT2D eigenvalue weighted by Crippen LogP contribution is 2.11. The van der Waals surface area contributed by atoms with Gasteiger partial charge in [-0.2, -0.15) is 0 Å². The van der Waals surface area contributed by atoms with Crippen LogP contribution in [0.15, 0.2) is 0 Å². The lowest BCUT2D eigenvalue weighted by molar-refractivity contribution is 0.0846. The van der Waals surface area contributed by atoms with E-state index in [9.17, 15) is 10.2 Å². The summed E-state index contributed by atoms with van der Waals surface area (Å²) in [5.41, 5.74) is -0.501. The monoisotopic (exact) mass is 216 g/mol. The molecule has 4 nitrogen and oxygen atoms in total. The van der Waals surface area contributed by atoms with E-state index < -0.39 is 5.54 Å². The van der Waals surface area contributed by atoms with Gasteiger partial charge in [0.1, 0.15) is 0 Å². The SMILES string of the molecule is CCC(CO)(CO)NCC1CCCCN1. The van der Waals surface area contributed by atoms with Gasteiger partial charge in [-0.05, 0) is 25.8 Å². The smallest absolute Gasteiger partial charge is 0.0646 e. The quantitative estimate of drug-likeness (QED) is 0.499. The van der Waals surface area contributed by atoms with Crippen LogP contribution in [0.4, 0.5) is 0 Å². The molecule has 1 fully saturated rings. The van der Waals surface area contributed by atoms with E-state index in [0.29, 0.717) is 6.04 Å². The molecule has 0 amide bonds. The summed E-state index contributed by atoms with van der Waals surface area (Å²) in [5, 5.41) is 25.3. The summed E-state index contributed by atoms with van der Waals surface area (Å²) in [6, 6.07) is 0.489. The van der Waals surface area contributed by atoms with Crippen LogP contribution in [-0.2, 0) is 0 Å². The predicted molar refractivity (Wildman–Crippen MR) is 60.8 cm³/mol. The molecule has 1 heterocycles. The maximum absolute atomic E-state index is 9.26. The lowest BCUT2D eigenvalue weighted by Crippen LogP contribution is -2.55. The molecular weight excluding hydrogens is 192 g/mol. The molecule has 1 unspecified atom stereocenters. The van der Waals surface area contributed by atoms with E-state index in [4.69, 9.17) is 0 Å². The number of aliphatic hydroxyl groups excluding tert-OH is 2. The fourth-order valence-electron chi connectivity index (χ4n) is 1.95. The first-order valence-corrected chi connectivity index (χ1v) is 5.96. The maximum atomic E-state index is 9.26. The van der Waals surface area contributed by atoms with Crippen LogP contribution in [0.3, 0.4) is 0 Å². The number of rotatable bonds is 6. The van der Waals surface area contributed by atoms with Crippen molar-refractivity contribution >= 4 is 0 Å². The maximum Gasteiger partial charge on any atom is 0.0646 e. The van der Waals surface area contributed by atoms with Gasteiger partial charge >= 0.3 is 0 Å². The summed E-state index contributed by atoms with van der Waals surface area (Å²) < 4.78 is 0. The van der Waals surface area contributed by atoms with E-state index in [1.165, 1.54) is 19.3 Å². The summed E-state index contributed by atoms with van der Waals surface area (Å²) in [6.07, 6.45) is 4.46. The predicted octanol–water partition coefficient (Wildman–Crippen LogP) is -0.148. The molecule has 4 N–H and O–H groups in total. The van der Waals surface area contributed by atoms with E-state index in [0.717, 1.165) is 19.5 Å². The minimum atomic E-state index is -0.501. The number of aliphatic hydroxyl groups is 2. The summed E-state index contributed by atoms with van der Waals surface area (Å²) in [5.74, 6) is 0. The van der Waals surface area contributed by atoms with Crippen molar-refractivity contribution in [2.24, 2.45) is 0 Å². The summed E-state index contributed by atoms with van der Waals surface area (Å²) in [6.45, 7) is 3.88. The Bertz CT molecular complexity index is 158. The second kappa shape index (κ2) is 6.43. The van der Waals surface area contributed by atoms with Crippen LogP contribution in [0.5, 0.6) is 0 Å². The minimum absolute atomic E-state index is 0.00722. The van der Waals surface area contributed by atoms with Crippen molar-refractivity contribution in [1.29, 1.82) is 0 Å². The van der Waals surface area contributed by atoms with Crippen LogP contribution in [0.2, 0.25) is 0 Å². The molecule has 1 aliphatic rings. The van der Waals surface area contributed by atoms with Gasteiger partial charge in [-0.25, -0.2) is 0 Å². The van der Waals surface area contributed by atoms with E-state index in [2.05, 4.69) is 10.6 Å². The van der Waals surface area contributed by atoms with E-state index in [1.807, 2.05) is 6.92 Å². The van der Waals surface area contributed by atoms with Crippen LogP contribution in [0.25, 0.3) is 0 Å². The first kappa shape index (κ1) is 12.9. The molecule has 0 spiro atoms. The van der Waals surface area contributed by atoms with Gasteiger partial charge in [0.15, 0.2) is 0 Å². The normalized spacial score (nSPS) is 23.0. The molecule has 15 heavy (non-hydrogen) atoms. The van der Waals surface area contributed by atoms with Gasteiger partial charge in [-0.15, -0.1) is 0 Å². The molecule has 1 aliphatic heterocycles. The molecule has 90 valence electrons. The third kappa shape index (κ3) is 3.72. The zero-order valence-corrected chi connectivity index (χ0v) is 9.63. The van der Waals surface area contributed by atoms with Crippen molar-refractivity contribution in [2.45, 2.75) is 44.2 Å². The van der Waals surface area contributed by atoms with Gasteiger partial charge < -0.3 is 20.8 Å². The largest absolute Gasteiger partial charge is 0.394 e. The molecule has 0 radical (unpaired) electrons. The first-order valence-electron chi connectivity index (χ1n) is 5.96. The number of nitrogens with one attached hydrogen (secondary N) is 2. The van der Waals surface area contributed by atoms with Crippen molar-refractivity contribution in [1.82, 2.24) is 10.6 Å². The van der Waals surface area contributed by atoms with Gasteiger partial charge in [0.05, 0.1) is 18.8 Å². The van der Waals surface area contributed by atoms with E-state index in [-0.39, 0.29) is 13.2 Å². The van der Waals surface area contributed by atoms with Crippen LogP contribution in [0, 0.1) is 0 Å². The molecule has 1 rings (SSSR count). The number of hydrogen-bond donors (Lipinski definition) is 4. The average molecular weight is 216 g/mol. The molecule has 4 heteroatoms. The van der Waals surface area contributed by atoms with Crippen molar-refractivity contribution in [3.63, 3.8) is 0 Å². The zero-order chi connectivity index (χ0) is 11.1. The second-order valence-corrected chi connectivity index (χ2v) is 4.48. The van der Waals surface area contributed by atoms with Crippen LogP contribution in [0.1, 0.15) is 32.6 Å². The first-order chi connectivity index (χ1) is 7.26. The molecular formula is C11H24N2O2. The Morgan fingerprint density at radius 3 is 2.53 bits per heavy atom. The Morgan fingerprint density at radius 2 is 2.07 bits per heavy atom. The van der Waals surface area contributed by atoms with Crippen molar-refractivity contribution in [3.05, 3.63) is 0 Å². The van der Waals surface area contributed by atoms with Crippen LogP contribution >= 0.6 is 0 Å². The van der Waals surface area contributed by atoms with Gasteiger partial charge in [0.2, 0.25) is 0 Å². The minimum Gasteiger partial charge on any atom is -0.394 e. The second-order valence-electron chi connectivity index (χ2n) is 4.48. The molecule has 1 atom stereocenters. The summed E-state index contributed by atoms with van der Waals surface area (Å²) in [7, 11) is 0. The van der Waals surface area contributed by atoms with Crippen molar-refractivity contribution in [2.75, 3.05) is 26.3 Å². The van der Waals surface area contributed by atoms with E-state index in [1.54, 1.807) is 0 Å². The third-order valence-electron chi connectivity index (χ3n) is 3.42. The highest BCUT2D eigenvalue weighted by molar-refractivity contribution is 4.88. The molecule has 0 saturated carbocycles. The Hall–Kier alpha value is -0.160. The number of piperidine rings is 1. The lowest BCUT2D eigenvalue weighted by Gasteiger charge is -2.33. The van der Waals surface area contributed by atoms with Gasteiger partial charge in [-0.1, -0.05) is 13.3 Å². The Kier molecular flexibility index (Phi) is 5.53. The molecule has 0 bridgehead atoms. The molecule has 0 aromatic heterocycles. The fraction of sp³-hybridized carbons (Fsp3) is 1.00. The molecule has 0 aromatic carbocycles. The van der Waals surface area contributed by atoms with Crippen LogP contribution in [-0.4, -0.2) is 48.1 Å². The summed E-state index contributed by atoms with van der Waals surface area (Å²) >= 11 is 0. The molecule has 0 aliphatic carbocycles. The average Bonchev–Trinajstić information content (AvgIpc) is 2.33. The highest BCUT2D eigenvalue weighted by Gasteiger charge is 2.27. The van der Waals surface area contributed by atoms with Gasteiger partial charge in [0, 0.05) is 12.6 Å². The Morgan fingerprint density at radius 1 is 1.33 bits per heavy atom. The van der Waals surface area contributed by atoms with Gasteiger partial charge in [0.25, 0.3) is 0 Å². The third-order valence-corrected chi connectivity index (χ3v) is 3.42. The topological polar surface area (TPSA) is 64.5 Å². The van der Waals surface area contributed by atoms with Crippen molar-refractivity contribution < 1.29 is 10.2 Å². The Balaban J connectivity index is 2.31. The van der Waals surface area contributed by atoms with Crippen molar-refractivity contribution in [3.8, 4) is 0 Å². The van der Waals surface area contributed by atoms with Crippen LogP contribution < -0.4 is 10.6 Å². The van der Waals surface area contributed by atoms with Gasteiger partial charge in [-0.3, -0.25) is 0 Å². The van der Waals surface area contributed by atoms with E-state index >= 15 is 0 Å². The zero-order valence-electron chi connectivity index (χ0n) is 9.63. The fourth-order valence-corrected chi connectivity index (χ4v) is 1.95.